The fourth-order valence-electron chi connectivity index (χ4n) is 1.61. The number of rotatable bonds is 2. The van der Waals surface area contributed by atoms with E-state index in [0.29, 0.717) is 35.7 Å². The van der Waals surface area contributed by atoms with Gasteiger partial charge in [0.1, 0.15) is 0 Å². The molecule has 2 rings (SSSR count). The van der Waals surface area contributed by atoms with E-state index in [2.05, 4.69) is 31.9 Å². The van der Waals surface area contributed by atoms with Crippen LogP contribution in [0, 0.1) is 0 Å². The van der Waals surface area contributed by atoms with E-state index >= 15 is 0 Å². The van der Waals surface area contributed by atoms with Crippen molar-refractivity contribution >= 4 is 41.9 Å². The molecule has 4 nitrogen and oxygen atoms in total. The molecule has 0 aliphatic carbocycles. The van der Waals surface area contributed by atoms with Crippen LogP contribution in [0.1, 0.15) is 0 Å². The molecule has 1 aliphatic rings. The van der Waals surface area contributed by atoms with Gasteiger partial charge in [0, 0.05) is 22.0 Å². The van der Waals surface area contributed by atoms with Gasteiger partial charge in [0.15, 0.2) is 0 Å². The first-order chi connectivity index (χ1) is 8.01. The zero-order chi connectivity index (χ0) is 12.5. The van der Waals surface area contributed by atoms with Gasteiger partial charge >= 0.3 is 0 Å². The summed E-state index contributed by atoms with van der Waals surface area (Å²) in [5.41, 5.74) is 0. The summed E-state index contributed by atoms with van der Waals surface area (Å²) in [7, 11) is -3.42. The van der Waals surface area contributed by atoms with Crippen LogP contribution in [0.25, 0.3) is 0 Å². The van der Waals surface area contributed by atoms with Crippen molar-refractivity contribution in [2.45, 2.75) is 4.90 Å². The van der Waals surface area contributed by atoms with E-state index in [-0.39, 0.29) is 0 Å². The lowest BCUT2D eigenvalue weighted by Crippen LogP contribution is -2.40. The van der Waals surface area contributed by atoms with Gasteiger partial charge in [0.2, 0.25) is 10.0 Å². The van der Waals surface area contributed by atoms with Gasteiger partial charge in [-0.05, 0) is 34.1 Å². The smallest absolute Gasteiger partial charge is 0.244 e. The quantitative estimate of drug-likeness (QED) is 0.785. The first-order valence-corrected chi connectivity index (χ1v) is 8.07. The van der Waals surface area contributed by atoms with E-state index in [1.165, 1.54) is 4.31 Å². The predicted octanol–water partition coefficient (Wildman–Crippen LogP) is 2.23. The number of sulfonamides is 1. The van der Waals surface area contributed by atoms with Crippen LogP contribution in [0.2, 0.25) is 0 Å². The largest absolute Gasteiger partial charge is 0.379 e. The third-order valence-corrected chi connectivity index (χ3v) is 5.85. The Bertz CT molecular complexity index is 512. The number of nitrogens with zero attached hydrogens (tertiary/aromatic N) is 1. The van der Waals surface area contributed by atoms with Crippen LogP contribution < -0.4 is 0 Å². The Morgan fingerprint density at radius 3 is 2.41 bits per heavy atom. The van der Waals surface area contributed by atoms with Crippen LogP contribution in [-0.2, 0) is 14.8 Å². The Labute approximate surface area is 117 Å². The lowest BCUT2D eigenvalue weighted by Gasteiger charge is -2.26. The van der Waals surface area contributed by atoms with Gasteiger partial charge in [-0.3, -0.25) is 0 Å². The first kappa shape index (κ1) is 13.5. The molecule has 7 heteroatoms. The second-order valence-electron chi connectivity index (χ2n) is 3.59. The Balaban J connectivity index is 2.37. The van der Waals surface area contributed by atoms with Gasteiger partial charge in [-0.15, -0.1) is 0 Å². The van der Waals surface area contributed by atoms with Gasteiger partial charge < -0.3 is 4.74 Å². The van der Waals surface area contributed by atoms with Crippen LogP contribution in [0.5, 0.6) is 0 Å². The summed E-state index contributed by atoms with van der Waals surface area (Å²) in [6.45, 7) is 1.72. The van der Waals surface area contributed by atoms with Crippen molar-refractivity contribution < 1.29 is 13.2 Å². The molecule has 0 N–H and O–H groups in total. The molecule has 0 atom stereocenters. The maximum atomic E-state index is 12.3. The molecule has 1 heterocycles. The summed E-state index contributed by atoms with van der Waals surface area (Å²) >= 11 is 6.58. The third kappa shape index (κ3) is 2.90. The fourth-order valence-corrected chi connectivity index (χ4v) is 4.72. The Morgan fingerprint density at radius 1 is 1.18 bits per heavy atom. The molecule has 94 valence electrons. The molecule has 0 bridgehead atoms. The average Bonchev–Trinajstić information content (AvgIpc) is 2.29. The first-order valence-electron chi connectivity index (χ1n) is 5.05. The molecule has 0 unspecified atom stereocenters. The number of hydrogen-bond donors (Lipinski definition) is 0. The van der Waals surface area contributed by atoms with E-state index < -0.39 is 10.0 Å². The Hall–Kier alpha value is 0.0500. The van der Waals surface area contributed by atoms with E-state index in [1.54, 1.807) is 18.2 Å². The topological polar surface area (TPSA) is 46.6 Å². The van der Waals surface area contributed by atoms with Gasteiger partial charge in [0.25, 0.3) is 0 Å². The molecule has 1 aromatic rings. The predicted molar refractivity (Wildman–Crippen MR) is 71.4 cm³/mol. The molecule has 1 saturated heterocycles. The summed E-state index contributed by atoms with van der Waals surface area (Å²) in [6, 6.07) is 5.05. The summed E-state index contributed by atoms with van der Waals surface area (Å²) in [4.78, 5) is 0.294. The zero-order valence-corrected chi connectivity index (χ0v) is 12.9. The third-order valence-electron chi connectivity index (χ3n) is 2.48. The molecule has 0 saturated carbocycles. The van der Waals surface area contributed by atoms with Gasteiger partial charge in [-0.25, -0.2) is 8.42 Å². The maximum absolute atomic E-state index is 12.3. The van der Waals surface area contributed by atoms with Gasteiger partial charge in [-0.2, -0.15) is 4.31 Å². The summed E-state index contributed by atoms with van der Waals surface area (Å²) in [5, 5.41) is 0. The van der Waals surface area contributed by atoms with E-state index in [0.717, 1.165) is 4.47 Å². The summed E-state index contributed by atoms with van der Waals surface area (Å²) < 4.78 is 32.7. The lowest BCUT2D eigenvalue weighted by molar-refractivity contribution is 0.0730. The monoisotopic (exact) mass is 383 g/mol. The van der Waals surface area contributed by atoms with E-state index in [4.69, 9.17) is 4.74 Å². The van der Waals surface area contributed by atoms with Gasteiger partial charge in [-0.1, -0.05) is 15.9 Å². The highest BCUT2D eigenvalue weighted by atomic mass is 79.9. The number of benzene rings is 1. The standard InChI is InChI=1S/C10H11Br2NO3S/c11-8-1-2-10(9(12)7-8)17(14,15)13-3-5-16-6-4-13/h1-2,7H,3-6H2. The average molecular weight is 385 g/mol. The minimum Gasteiger partial charge on any atom is -0.379 e. The highest BCUT2D eigenvalue weighted by molar-refractivity contribution is 9.11. The molecule has 0 spiro atoms. The molecule has 1 aromatic carbocycles. The molecule has 17 heavy (non-hydrogen) atoms. The highest BCUT2D eigenvalue weighted by Gasteiger charge is 2.27. The van der Waals surface area contributed by atoms with Crippen molar-refractivity contribution in [1.82, 2.24) is 4.31 Å². The Morgan fingerprint density at radius 2 is 1.82 bits per heavy atom. The number of morpholine rings is 1. The summed E-state index contributed by atoms with van der Waals surface area (Å²) in [6.07, 6.45) is 0. The SMILES string of the molecule is O=S(=O)(c1ccc(Br)cc1Br)N1CCOCC1. The minimum absolute atomic E-state index is 0.294. The van der Waals surface area contributed by atoms with Crippen molar-refractivity contribution in [2.75, 3.05) is 26.3 Å². The number of hydrogen-bond acceptors (Lipinski definition) is 3. The zero-order valence-electron chi connectivity index (χ0n) is 8.90. The molecule has 1 fully saturated rings. The second-order valence-corrected chi connectivity index (χ2v) is 7.27. The number of halogens is 2. The van der Waals surface area contributed by atoms with E-state index in [9.17, 15) is 8.42 Å². The van der Waals surface area contributed by atoms with Crippen molar-refractivity contribution in [1.29, 1.82) is 0 Å². The van der Waals surface area contributed by atoms with Crippen LogP contribution in [-0.4, -0.2) is 39.0 Å². The van der Waals surface area contributed by atoms with Crippen LogP contribution in [0.15, 0.2) is 32.0 Å². The molecule has 0 amide bonds. The van der Waals surface area contributed by atoms with Crippen LogP contribution in [0.3, 0.4) is 0 Å². The molecule has 0 aromatic heterocycles. The molecular formula is C10H11Br2NO3S. The maximum Gasteiger partial charge on any atom is 0.244 e. The molecule has 1 aliphatic heterocycles. The second kappa shape index (κ2) is 5.36. The molecular weight excluding hydrogens is 374 g/mol. The lowest BCUT2D eigenvalue weighted by atomic mass is 10.4. The minimum atomic E-state index is -3.42. The van der Waals surface area contributed by atoms with Gasteiger partial charge in [0.05, 0.1) is 18.1 Å². The van der Waals surface area contributed by atoms with Crippen LogP contribution >= 0.6 is 31.9 Å². The number of ether oxygens (including phenoxy) is 1. The highest BCUT2D eigenvalue weighted by Crippen LogP contribution is 2.28. The molecule has 0 radical (unpaired) electrons. The van der Waals surface area contributed by atoms with Crippen molar-refractivity contribution in [3.63, 3.8) is 0 Å². The fraction of sp³-hybridized carbons (Fsp3) is 0.400. The van der Waals surface area contributed by atoms with Crippen LogP contribution in [0.4, 0.5) is 0 Å². The Kier molecular flexibility index (Phi) is 4.25. The van der Waals surface area contributed by atoms with Crippen molar-refractivity contribution in [3.8, 4) is 0 Å². The van der Waals surface area contributed by atoms with Crippen molar-refractivity contribution in [3.05, 3.63) is 27.1 Å². The van der Waals surface area contributed by atoms with Crippen molar-refractivity contribution in [2.24, 2.45) is 0 Å². The summed E-state index contributed by atoms with van der Waals surface area (Å²) in [5.74, 6) is 0. The van der Waals surface area contributed by atoms with E-state index in [1.807, 2.05) is 0 Å². The normalized spacial score (nSPS) is 18.2.